The highest BCUT2D eigenvalue weighted by Crippen LogP contribution is 2.17. The minimum absolute atomic E-state index is 0.434. The Balaban J connectivity index is 1.79. The van der Waals surface area contributed by atoms with Gasteiger partial charge in [0, 0.05) is 63.6 Å². The highest BCUT2D eigenvalue weighted by Gasteiger charge is 2.15. The molecule has 0 radical (unpaired) electrons. The van der Waals surface area contributed by atoms with E-state index in [-0.39, 0.29) is 0 Å². The number of aryl methyl sites for hydroxylation is 1. The van der Waals surface area contributed by atoms with E-state index < -0.39 is 0 Å². The normalized spacial score (nSPS) is 18.9. The number of rotatable bonds is 6. The monoisotopic (exact) mass is 265 g/mol. The Morgan fingerprint density at radius 3 is 2.79 bits per heavy atom. The van der Waals surface area contributed by atoms with Crippen molar-refractivity contribution in [1.29, 1.82) is 0 Å². The maximum atomic E-state index is 4.36. The first-order chi connectivity index (χ1) is 9.20. The van der Waals surface area contributed by atoms with E-state index >= 15 is 0 Å². The third-order valence-electron chi connectivity index (χ3n) is 4.10. The lowest BCUT2D eigenvalue weighted by molar-refractivity contribution is 0.183. The van der Waals surface area contributed by atoms with Gasteiger partial charge in [0.05, 0.1) is 6.20 Å². The van der Waals surface area contributed by atoms with E-state index in [1.807, 2.05) is 10.9 Å². The van der Waals surface area contributed by atoms with E-state index in [0.717, 1.165) is 32.7 Å². The first-order valence-electron chi connectivity index (χ1n) is 7.36. The molecule has 1 aromatic heterocycles. The van der Waals surface area contributed by atoms with Crippen LogP contribution in [0.1, 0.15) is 25.5 Å². The standard InChI is InChI=1S/C14H27N5/c1-4-19-12-14(11-16-19)13(2)17(3)9-10-18-7-5-15-6-8-18/h11-13,15H,4-10H2,1-3H3. The van der Waals surface area contributed by atoms with Crippen molar-refractivity contribution in [2.24, 2.45) is 0 Å². The number of nitrogens with zero attached hydrogens (tertiary/aromatic N) is 4. The van der Waals surface area contributed by atoms with Crippen molar-refractivity contribution in [3.05, 3.63) is 18.0 Å². The smallest absolute Gasteiger partial charge is 0.0537 e. The van der Waals surface area contributed by atoms with Crippen molar-refractivity contribution < 1.29 is 0 Å². The molecule has 5 nitrogen and oxygen atoms in total. The molecule has 1 saturated heterocycles. The number of hydrogen-bond acceptors (Lipinski definition) is 4. The number of piperazine rings is 1. The van der Waals surface area contributed by atoms with Crippen LogP contribution >= 0.6 is 0 Å². The van der Waals surface area contributed by atoms with Crippen LogP contribution in [-0.2, 0) is 6.54 Å². The van der Waals surface area contributed by atoms with Crippen molar-refractivity contribution in [2.75, 3.05) is 46.3 Å². The molecule has 5 heteroatoms. The molecule has 19 heavy (non-hydrogen) atoms. The number of aromatic nitrogens is 2. The molecule has 1 atom stereocenters. The second kappa shape index (κ2) is 7.03. The third kappa shape index (κ3) is 4.03. The van der Waals surface area contributed by atoms with E-state index in [2.05, 4.69) is 47.3 Å². The van der Waals surface area contributed by atoms with E-state index in [1.54, 1.807) is 0 Å². The van der Waals surface area contributed by atoms with Gasteiger partial charge >= 0.3 is 0 Å². The van der Waals surface area contributed by atoms with Crippen LogP contribution < -0.4 is 5.32 Å². The second-order valence-electron chi connectivity index (χ2n) is 5.38. The second-order valence-corrected chi connectivity index (χ2v) is 5.38. The Kier molecular flexibility index (Phi) is 5.36. The molecule has 2 rings (SSSR count). The van der Waals surface area contributed by atoms with E-state index in [9.17, 15) is 0 Å². The van der Waals surface area contributed by atoms with Crippen LogP contribution in [0.15, 0.2) is 12.4 Å². The van der Waals surface area contributed by atoms with Crippen LogP contribution in [0.25, 0.3) is 0 Å². The summed E-state index contributed by atoms with van der Waals surface area (Å²) in [6, 6.07) is 0.434. The lowest BCUT2D eigenvalue weighted by Gasteiger charge is -2.31. The molecule has 0 aliphatic carbocycles. The minimum Gasteiger partial charge on any atom is -0.314 e. The first kappa shape index (κ1) is 14.5. The maximum Gasteiger partial charge on any atom is 0.0537 e. The van der Waals surface area contributed by atoms with E-state index in [0.29, 0.717) is 6.04 Å². The summed E-state index contributed by atoms with van der Waals surface area (Å²) in [7, 11) is 2.20. The van der Waals surface area contributed by atoms with Gasteiger partial charge in [0.1, 0.15) is 0 Å². The summed E-state index contributed by atoms with van der Waals surface area (Å²) in [6.45, 7) is 12.2. The molecule has 108 valence electrons. The Hall–Kier alpha value is -0.910. The summed E-state index contributed by atoms with van der Waals surface area (Å²) in [5.74, 6) is 0. The molecular weight excluding hydrogens is 238 g/mol. The summed E-state index contributed by atoms with van der Waals surface area (Å²) in [6.07, 6.45) is 4.15. The molecule has 0 bridgehead atoms. The average Bonchev–Trinajstić information content (AvgIpc) is 2.94. The van der Waals surface area contributed by atoms with Gasteiger partial charge in [0.25, 0.3) is 0 Å². The molecule has 0 spiro atoms. The molecule has 1 aliphatic heterocycles. The number of nitrogens with one attached hydrogen (secondary N) is 1. The van der Waals surface area contributed by atoms with Gasteiger partial charge in [-0.2, -0.15) is 5.10 Å². The highest BCUT2D eigenvalue weighted by molar-refractivity contribution is 5.09. The van der Waals surface area contributed by atoms with Crippen LogP contribution in [-0.4, -0.2) is 65.9 Å². The average molecular weight is 265 g/mol. The fraction of sp³-hybridized carbons (Fsp3) is 0.786. The molecule has 0 saturated carbocycles. The molecule has 2 heterocycles. The predicted octanol–water partition coefficient (Wildman–Crippen LogP) is 0.801. The summed E-state index contributed by atoms with van der Waals surface area (Å²) in [4.78, 5) is 4.95. The maximum absolute atomic E-state index is 4.36. The topological polar surface area (TPSA) is 36.3 Å². The zero-order valence-corrected chi connectivity index (χ0v) is 12.5. The van der Waals surface area contributed by atoms with Gasteiger partial charge in [-0.25, -0.2) is 0 Å². The summed E-state index contributed by atoms with van der Waals surface area (Å²) in [5, 5.41) is 7.75. The Bertz CT molecular complexity index is 370. The lowest BCUT2D eigenvalue weighted by Crippen LogP contribution is -2.46. The highest BCUT2D eigenvalue weighted by atomic mass is 15.3. The molecule has 1 aliphatic rings. The lowest BCUT2D eigenvalue weighted by atomic mass is 10.1. The first-order valence-corrected chi connectivity index (χ1v) is 7.36. The molecule has 0 amide bonds. The van der Waals surface area contributed by atoms with Gasteiger partial charge in [0.15, 0.2) is 0 Å². The van der Waals surface area contributed by atoms with Gasteiger partial charge < -0.3 is 5.32 Å². The quantitative estimate of drug-likeness (QED) is 0.825. The predicted molar refractivity (Wildman–Crippen MR) is 78.3 cm³/mol. The molecule has 1 unspecified atom stereocenters. The molecule has 1 fully saturated rings. The van der Waals surface area contributed by atoms with Gasteiger partial charge in [-0.3, -0.25) is 14.5 Å². The Labute approximate surface area is 116 Å². The summed E-state index contributed by atoms with van der Waals surface area (Å²) < 4.78 is 2.00. The minimum atomic E-state index is 0.434. The molecule has 1 aromatic rings. The van der Waals surface area contributed by atoms with Crippen molar-refractivity contribution >= 4 is 0 Å². The fourth-order valence-corrected chi connectivity index (χ4v) is 2.45. The van der Waals surface area contributed by atoms with Crippen molar-refractivity contribution in [3.63, 3.8) is 0 Å². The van der Waals surface area contributed by atoms with Crippen molar-refractivity contribution in [3.8, 4) is 0 Å². The molecule has 0 aromatic carbocycles. The van der Waals surface area contributed by atoms with Crippen LogP contribution in [0.2, 0.25) is 0 Å². The van der Waals surface area contributed by atoms with Gasteiger partial charge in [-0.15, -0.1) is 0 Å². The number of likely N-dealkylation sites (N-methyl/N-ethyl adjacent to an activating group) is 1. The largest absolute Gasteiger partial charge is 0.314 e. The van der Waals surface area contributed by atoms with Crippen molar-refractivity contribution in [2.45, 2.75) is 26.4 Å². The van der Waals surface area contributed by atoms with Crippen LogP contribution in [0.4, 0.5) is 0 Å². The van der Waals surface area contributed by atoms with Crippen molar-refractivity contribution in [1.82, 2.24) is 24.9 Å². The molecular formula is C14H27N5. The van der Waals surface area contributed by atoms with E-state index in [4.69, 9.17) is 0 Å². The Morgan fingerprint density at radius 2 is 2.16 bits per heavy atom. The fourth-order valence-electron chi connectivity index (χ4n) is 2.45. The molecule has 1 N–H and O–H groups in total. The summed E-state index contributed by atoms with van der Waals surface area (Å²) >= 11 is 0. The summed E-state index contributed by atoms with van der Waals surface area (Å²) in [5.41, 5.74) is 1.31. The van der Waals surface area contributed by atoms with Gasteiger partial charge in [-0.1, -0.05) is 0 Å². The van der Waals surface area contributed by atoms with E-state index in [1.165, 1.54) is 18.7 Å². The van der Waals surface area contributed by atoms with Crippen LogP contribution in [0, 0.1) is 0 Å². The zero-order valence-electron chi connectivity index (χ0n) is 12.5. The zero-order chi connectivity index (χ0) is 13.7. The van der Waals surface area contributed by atoms with Gasteiger partial charge in [-0.05, 0) is 20.9 Å². The SMILES string of the molecule is CCn1cc(C(C)N(C)CCN2CCNCC2)cn1. The Morgan fingerprint density at radius 1 is 1.42 bits per heavy atom. The third-order valence-corrected chi connectivity index (χ3v) is 4.10. The number of hydrogen-bond donors (Lipinski definition) is 1. The van der Waals surface area contributed by atoms with Gasteiger partial charge in [0.2, 0.25) is 0 Å². The van der Waals surface area contributed by atoms with Crippen LogP contribution in [0.5, 0.6) is 0 Å². The van der Waals surface area contributed by atoms with Crippen LogP contribution in [0.3, 0.4) is 0 Å².